The fourth-order valence-corrected chi connectivity index (χ4v) is 5.12. The predicted molar refractivity (Wildman–Crippen MR) is 123 cm³/mol. The summed E-state index contributed by atoms with van der Waals surface area (Å²) in [6.45, 7) is 4.16. The van der Waals surface area contributed by atoms with Crippen molar-refractivity contribution in [1.82, 2.24) is 0 Å². The molecule has 0 unspecified atom stereocenters. The second kappa shape index (κ2) is 11.8. The van der Waals surface area contributed by atoms with E-state index < -0.39 is 8.80 Å². The van der Waals surface area contributed by atoms with Gasteiger partial charge in [-0.1, -0.05) is 36.4 Å². The zero-order valence-electron chi connectivity index (χ0n) is 18.1. The maximum Gasteiger partial charge on any atom is 0.500 e. The van der Waals surface area contributed by atoms with Gasteiger partial charge in [0, 0.05) is 44.7 Å². The van der Waals surface area contributed by atoms with Crippen LogP contribution in [0.4, 0.5) is 11.4 Å². The molecular weight excluding hydrogens is 380 g/mol. The number of rotatable bonds is 11. The molecule has 0 bridgehead atoms. The molecule has 0 aromatic heterocycles. The Morgan fingerprint density at radius 3 is 1.55 bits per heavy atom. The van der Waals surface area contributed by atoms with Crippen LogP contribution in [0.1, 0.15) is 26.7 Å². The molecule has 29 heavy (non-hydrogen) atoms. The monoisotopic (exact) mass is 412 g/mol. The highest BCUT2D eigenvalue weighted by Gasteiger charge is 2.37. The van der Waals surface area contributed by atoms with E-state index in [4.69, 9.17) is 23.3 Å². The van der Waals surface area contributed by atoms with E-state index in [0.717, 1.165) is 41.7 Å². The van der Waals surface area contributed by atoms with Crippen molar-refractivity contribution in [3.8, 4) is 0 Å². The third-order valence-corrected chi connectivity index (χ3v) is 7.87. The average Bonchev–Trinajstić information content (AvgIpc) is 2.75. The third kappa shape index (κ3) is 7.01. The number of nitrogens with zero attached hydrogens (tertiary/aromatic N) is 2. The number of hydrogen-bond donors (Lipinski definition) is 0. The van der Waals surface area contributed by atoms with E-state index in [1.54, 1.807) is 21.3 Å². The van der Waals surface area contributed by atoms with Gasteiger partial charge in [0.05, 0.1) is 11.4 Å². The summed E-state index contributed by atoms with van der Waals surface area (Å²) in [7, 11) is 2.38. The normalized spacial score (nSPS) is 14.1. The molecular formula is C23H32N2O3Si. The van der Waals surface area contributed by atoms with Crippen LogP contribution in [0.5, 0.6) is 0 Å². The van der Waals surface area contributed by atoms with Gasteiger partial charge in [0.1, 0.15) is 0 Å². The molecule has 0 aliphatic carbocycles. The molecule has 0 N–H and O–H groups in total. The van der Waals surface area contributed by atoms with Crippen LogP contribution in [-0.2, 0) is 13.3 Å². The summed E-state index contributed by atoms with van der Waals surface area (Å²) in [5.41, 5.74) is 4.01. The van der Waals surface area contributed by atoms with Gasteiger partial charge in [-0.2, -0.15) is 0 Å². The molecule has 0 saturated heterocycles. The lowest BCUT2D eigenvalue weighted by Gasteiger charge is -2.25. The van der Waals surface area contributed by atoms with Gasteiger partial charge in [-0.25, -0.2) is 0 Å². The summed E-state index contributed by atoms with van der Waals surface area (Å²) >= 11 is 0. The fraction of sp³-hybridized carbons (Fsp3) is 0.391. The van der Waals surface area contributed by atoms with E-state index in [1.807, 2.05) is 60.7 Å². The Morgan fingerprint density at radius 2 is 1.17 bits per heavy atom. The molecule has 0 aliphatic rings. The zero-order chi connectivity index (χ0) is 21.1. The maximum atomic E-state index is 5.56. The van der Waals surface area contributed by atoms with E-state index in [0.29, 0.717) is 0 Å². The van der Waals surface area contributed by atoms with E-state index in [2.05, 4.69) is 13.8 Å². The van der Waals surface area contributed by atoms with Crippen molar-refractivity contribution in [2.24, 2.45) is 15.9 Å². The van der Waals surface area contributed by atoms with Crippen molar-refractivity contribution in [3.63, 3.8) is 0 Å². The molecule has 0 aliphatic heterocycles. The van der Waals surface area contributed by atoms with Crippen molar-refractivity contribution in [2.75, 3.05) is 21.3 Å². The Kier molecular flexibility index (Phi) is 9.40. The van der Waals surface area contributed by atoms with Crippen molar-refractivity contribution >= 4 is 31.6 Å². The van der Waals surface area contributed by atoms with Crippen LogP contribution in [0.15, 0.2) is 70.6 Å². The van der Waals surface area contributed by atoms with Crippen LogP contribution in [0.25, 0.3) is 0 Å². The summed E-state index contributed by atoms with van der Waals surface area (Å²) < 4.78 is 16.7. The average molecular weight is 413 g/mol. The molecule has 0 atom stereocenters. The van der Waals surface area contributed by atoms with Gasteiger partial charge in [0.2, 0.25) is 0 Å². The van der Waals surface area contributed by atoms with Crippen LogP contribution in [0.2, 0.25) is 6.04 Å². The summed E-state index contributed by atoms with van der Waals surface area (Å²) in [6.07, 6.45) is 1.80. The molecule has 6 heteroatoms. The Labute approximate surface area is 175 Å². The standard InChI is InChI=1S/C23H32N2O3Si/c1-19(24-21-13-8-6-9-14-21)23(17-12-18-29(26-3,27-4)28-5)20(2)25-22-15-10-7-11-16-22/h6-11,13-16,23H,12,17-18H2,1-5H3. The summed E-state index contributed by atoms with van der Waals surface area (Å²) in [5.74, 6) is 0.132. The predicted octanol–water partition coefficient (Wildman–Crippen LogP) is 5.85. The molecule has 2 aromatic carbocycles. The van der Waals surface area contributed by atoms with Gasteiger partial charge in [0.25, 0.3) is 0 Å². The zero-order valence-corrected chi connectivity index (χ0v) is 19.1. The minimum Gasteiger partial charge on any atom is -0.377 e. The molecule has 156 valence electrons. The topological polar surface area (TPSA) is 52.4 Å². The maximum absolute atomic E-state index is 5.56. The molecule has 2 aromatic rings. The highest BCUT2D eigenvalue weighted by molar-refractivity contribution is 6.60. The number of aliphatic imine (C=N–C) groups is 2. The van der Waals surface area contributed by atoms with Gasteiger partial charge in [-0.15, -0.1) is 0 Å². The first-order valence-corrected chi connectivity index (χ1v) is 11.8. The second-order valence-electron chi connectivity index (χ2n) is 6.92. The van der Waals surface area contributed by atoms with Crippen LogP contribution < -0.4 is 0 Å². The highest BCUT2D eigenvalue weighted by atomic mass is 28.4. The SMILES string of the molecule is CO[Si](CCCC(C(C)=Nc1ccccc1)C(C)=Nc1ccccc1)(OC)OC. The first-order valence-electron chi connectivity index (χ1n) is 9.89. The summed E-state index contributed by atoms with van der Waals surface area (Å²) in [5, 5.41) is 0. The van der Waals surface area contributed by atoms with Gasteiger partial charge in [-0.05, 0) is 51.0 Å². The Bertz CT molecular complexity index is 727. The fourth-order valence-electron chi connectivity index (χ4n) is 3.37. The lowest BCUT2D eigenvalue weighted by atomic mass is 9.93. The van der Waals surface area contributed by atoms with Crippen LogP contribution >= 0.6 is 0 Å². The Balaban J connectivity index is 2.23. The molecule has 0 amide bonds. The Hall–Kier alpha value is -2.12. The number of para-hydroxylation sites is 2. The molecule has 5 nitrogen and oxygen atoms in total. The molecule has 0 heterocycles. The highest BCUT2D eigenvalue weighted by Crippen LogP contribution is 2.24. The minimum atomic E-state index is -2.58. The summed E-state index contributed by atoms with van der Waals surface area (Å²) in [4.78, 5) is 9.70. The van der Waals surface area contributed by atoms with E-state index in [1.165, 1.54) is 0 Å². The van der Waals surface area contributed by atoms with E-state index in [9.17, 15) is 0 Å². The molecule has 2 rings (SSSR count). The smallest absolute Gasteiger partial charge is 0.377 e. The second-order valence-corrected chi connectivity index (χ2v) is 10.0. The van der Waals surface area contributed by atoms with Gasteiger partial charge >= 0.3 is 8.80 Å². The van der Waals surface area contributed by atoms with Crippen molar-refractivity contribution in [3.05, 3.63) is 60.7 Å². The van der Waals surface area contributed by atoms with Crippen LogP contribution in [-0.4, -0.2) is 41.6 Å². The van der Waals surface area contributed by atoms with Crippen molar-refractivity contribution in [2.45, 2.75) is 32.7 Å². The first-order chi connectivity index (χ1) is 14.0. The molecule has 0 saturated carbocycles. The minimum absolute atomic E-state index is 0.132. The number of hydrogen-bond acceptors (Lipinski definition) is 5. The van der Waals surface area contributed by atoms with Crippen molar-refractivity contribution < 1.29 is 13.3 Å². The van der Waals surface area contributed by atoms with Crippen LogP contribution in [0.3, 0.4) is 0 Å². The van der Waals surface area contributed by atoms with E-state index >= 15 is 0 Å². The molecule has 0 radical (unpaired) electrons. The quantitative estimate of drug-likeness (QED) is 0.344. The first kappa shape index (κ1) is 23.2. The van der Waals surface area contributed by atoms with Gasteiger partial charge < -0.3 is 13.3 Å². The lowest BCUT2D eigenvalue weighted by Crippen LogP contribution is -2.42. The largest absolute Gasteiger partial charge is 0.500 e. The Morgan fingerprint density at radius 1 is 0.759 bits per heavy atom. The van der Waals surface area contributed by atoms with E-state index in [-0.39, 0.29) is 5.92 Å². The molecule has 0 fully saturated rings. The van der Waals surface area contributed by atoms with Crippen LogP contribution in [0, 0.1) is 5.92 Å². The lowest BCUT2D eigenvalue weighted by molar-refractivity contribution is 0.122. The van der Waals surface area contributed by atoms with Crippen molar-refractivity contribution in [1.29, 1.82) is 0 Å². The number of benzene rings is 2. The van der Waals surface area contributed by atoms with Gasteiger partial charge in [-0.3, -0.25) is 9.98 Å². The molecule has 0 spiro atoms. The third-order valence-electron chi connectivity index (χ3n) is 5.04. The summed E-state index contributed by atoms with van der Waals surface area (Å²) in [6, 6.07) is 20.8. The van der Waals surface area contributed by atoms with Gasteiger partial charge in [0.15, 0.2) is 0 Å².